The van der Waals surface area contributed by atoms with E-state index in [1.165, 1.54) is 0 Å². The average molecular weight is 218 g/mol. The molecule has 0 amide bonds. The van der Waals surface area contributed by atoms with Gasteiger partial charge >= 0.3 is 5.97 Å². The molecule has 0 aromatic rings. The van der Waals surface area contributed by atoms with Crippen molar-refractivity contribution in [3.8, 4) is 0 Å². The van der Waals surface area contributed by atoms with Crippen LogP contribution in [-0.4, -0.2) is 40.9 Å². The molecule has 0 aliphatic rings. The minimum absolute atomic E-state index is 0.270. The summed E-state index contributed by atoms with van der Waals surface area (Å²) in [6.07, 6.45) is 2.16. The van der Waals surface area contributed by atoms with Gasteiger partial charge in [-0.3, -0.25) is 4.79 Å². The lowest BCUT2D eigenvalue weighted by Gasteiger charge is -2.21. The van der Waals surface area contributed by atoms with E-state index in [0.717, 1.165) is 12.8 Å². The number of carboxylic acid groups (broad SMARTS) is 1. The van der Waals surface area contributed by atoms with E-state index in [2.05, 4.69) is 5.32 Å². The van der Waals surface area contributed by atoms with Crippen LogP contribution in [0.25, 0.3) is 0 Å². The summed E-state index contributed by atoms with van der Waals surface area (Å²) in [5.74, 6) is -0.878. The summed E-state index contributed by atoms with van der Waals surface area (Å²) in [7, 11) is 0. The number of nitrogens with two attached hydrogens (primary N) is 1. The second kappa shape index (κ2) is 6.76. The molecule has 0 bridgehead atoms. The maximum Gasteiger partial charge on any atom is 0.320 e. The maximum atomic E-state index is 10.8. The summed E-state index contributed by atoms with van der Waals surface area (Å²) in [6.45, 7) is 4.13. The largest absolute Gasteiger partial charge is 0.480 e. The Hall–Kier alpha value is -0.650. The van der Waals surface area contributed by atoms with Crippen LogP contribution < -0.4 is 11.1 Å². The lowest BCUT2D eigenvalue weighted by atomic mass is 10.1. The molecular weight excluding hydrogens is 196 g/mol. The van der Waals surface area contributed by atoms with Gasteiger partial charge in [0.1, 0.15) is 6.04 Å². The summed E-state index contributed by atoms with van der Waals surface area (Å²) in [6, 6.07) is -0.594. The van der Waals surface area contributed by atoms with Crippen LogP contribution in [-0.2, 0) is 4.79 Å². The number of hydrogen-bond donors (Lipinski definition) is 4. The van der Waals surface area contributed by atoms with Crippen LogP contribution in [0.1, 0.15) is 33.1 Å². The van der Waals surface area contributed by atoms with Crippen molar-refractivity contribution in [3.63, 3.8) is 0 Å². The zero-order valence-corrected chi connectivity index (χ0v) is 9.49. The normalized spacial score (nSPS) is 13.9. The SMILES string of the molecule is CC(C)(O)CN[C@@H](CCCCN)C(=O)O. The molecule has 5 N–H and O–H groups in total. The van der Waals surface area contributed by atoms with Gasteiger partial charge in [-0.25, -0.2) is 0 Å². The van der Waals surface area contributed by atoms with E-state index in [0.29, 0.717) is 13.0 Å². The summed E-state index contributed by atoms with van der Waals surface area (Å²) >= 11 is 0. The van der Waals surface area contributed by atoms with Crippen LogP contribution in [0.2, 0.25) is 0 Å². The highest BCUT2D eigenvalue weighted by Crippen LogP contribution is 2.03. The van der Waals surface area contributed by atoms with Gasteiger partial charge in [0.25, 0.3) is 0 Å². The highest BCUT2D eigenvalue weighted by molar-refractivity contribution is 5.73. The molecule has 0 aromatic heterocycles. The van der Waals surface area contributed by atoms with Crippen molar-refractivity contribution < 1.29 is 15.0 Å². The van der Waals surface area contributed by atoms with Crippen LogP contribution >= 0.6 is 0 Å². The van der Waals surface area contributed by atoms with Crippen molar-refractivity contribution >= 4 is 5.97 Å². The predicted molar refractivity (Wildman–Crippen MR) is 58.6 cm³/mol. The second-order valence-electron chi connectivity index (χ2n) is 4.37. The van der Waals surface area contributed by atoms with Crippen molar-refractivity contribution in [2.45, 2.75) is 44.8 Å². The van der Waals surface area contributed by atoms with Crippen LogP contribution in [0, 0.1) is 0 Å². The predicted octanol–water partition coefficient (Wildman–Crippen LogP) is -0.0709. The first-order valence-electron chi connectivity index (χ1n) is 5.25. The van der Waals surface area contributed by atoms with Crippen molar-refractivity contribution in [2.75, 3.05) is 13.1 Å². The van der Waals surface area contributed by atoms with E-state index < -0.39 is 17.6 Å². The third-order valence-electron chi connectivity index (χ3n) is 2.03. The van der Waals surface area contributed by atoms with Gasteiger partial charge < -0.3 is 21.3 Å². The molecule has 0 radical (unpaired) electrons. The minimum Gasteiger partial charge on any atom is -0.480 e. The Balaban J connectivity index is 3.89. The zero-order valence-electron chi connectivity index (χ0n) is 9.49. The van der Waals surface area contributed by atoms with Crippen molar-refractivity contribution in [1.82, 2.24) is 5.32 Å². The molecule has 1 atom stereocenters. The van der Waals surface area contributed by atoms with E-state index in [9.17, 15) is 9.90 Å². The molecule has 5 nitrogen and oxygen atoms in total. The number of rotatable bonds is 8. The highest BCUT2D eigenvalue weighted by atomic mass is 16.4. The molecule has 0 unspecified atom stereocenters. The summed E-state index contributed by atoms with van der Waals surface area (Å²) in [4.78, 5) is 10.8. The Morgan fingerprint density at radius 3 is 2.47 bits per heavy atom. The Morgan fingerprint density at radius 2 is 2.07 bits per heavy atom. The summed E-state index contributed by atoms with van der Waals surface area (Å²) in [5.41, 5.74) is 4.44. The van der Waals surface area contributed by atoms with E-state index in [4.69, 9.17) is 10.8 Å². The molecule has 0 aromatic carbocycles. The molecular formula is C10H22N2O3. The molecule has 90 valence electrons. The standard InChI is InChI=1S/C10H22N2O3/c1-10(2,15)7-12-8(9(13)14)5-3-4-6-11/h8,12,15H,3-7,11H2,1-2H3,(H,13,14)/t8-/m0/s1. The van der Waals surface area contributed by atoms with Gasteiger partial charge in [-0.05, 0) is 33.2 Å². The molecule has 0 heterocycles. The van der Waals surface area contributed by atoms with Gasteiger partial charge in [-0.1, -0.05) is 6.42 Å². The topological polar surface area (TPSA) is 95.6 Å². The van der Waals surface area contributed by atoms with Gasteiger partial charge in [0.05, 0.1) is 5.60 Å². The molecule has 0 rings (SSSR count). The first kappa shape index (κ1) is 14.3. The smallest absolute Gasteiger partial charge is 0.320 e. The van der Waals surface area contributed by atoms with Crippen molar-refractivity contribution in [1.29, 1.82) is 0 Å². The molecule has 0 aliphatic carbocycles. The van der Waals surface area contributed by atoms with Crippen LogP contribution in [0.3, 0.4) is 0 Å². The number of carboxylic acids is 1. The number of aliphatic carboxylic acids is 1. The molecule has 0 spiro atoms. The minimum atomic E-state index is -0.887. The third kappa shape index (κ3) is 8.35. The number of aliphatic hydroxyl groups is 1. The molecule has 0 saturated carbocycles. The fourth-order valence-corrected chi connectivity index (χ4v) is 1.18. The number of hydrogen-bond acceptors (Lipinski definition) is 4. The quantitative estimate of drug-likeness (QED) is 0.428. The fraction of sp³-hybridized carbons (Fsp3) is 0.900. The zero-order chi connectivity index (χ0) is 11.9. The molecule has 5 heteroatoms. The first-order valence-corrected chi connectivity index (χ1v) is 5.25. The van der Waals surface area contributed by atoms with Gasteiger partial charge in [0, 0.05) is 6.54 Å². The van der Waals surface area contributed by atoms with Crippen molar-refractivity contribution in [3.05, 3.63) is 0 Å². The number of carbonyl (C=O) groups is 1. The Bertz CT molecular complexity index is 190. The molecule has 0 aliphatic heterocycles. The first-order chi connectivity index (χ1) is 6.87. The number of unbranched alkanes of at least 4 members (excludes halogenated alkanes) is 1. The van der Waals surface area contributed by atoms with Crippen LogP contribution in [0.5, 0.6) is 0 Å². The Labute approximate surface area is 90.7 Å². The lowest BCUT2D eigenvalue weighted by molar-refractivity contribution is -0.139. The monoisotopic (exact) mass is 218 g/mol. The van der Waals surface area contributed by atoms with Gasteiger partial charge in [0.2, 0.25) is 0 Å². The van der Waals surface area contributed by atoms with Gasteiger partial charge in [-0.2, -0.15) is 0 Å². The van der Waals surface area contributed by atoms with Crippen LogP contribution in [0.15, 0.2) is 0 Å². The van der Waals surface area contributed by atoms with E-state index >= 15 is 0 Å². The van der Waals surface area contributed by atoms with E-state index in [1.54, 1.807) is 13.8 Å². The van der Waals surface area contributed by atoms with Crippen molar-refractivity contribution in [2.24, 2.45) is 5.73 Å². The molecule has 0 saturated heterocycles. The van der Waals surface area contributed by atoms with Gasteiger partial charge in [0.15, 0.2) is 0 Å². The fourth-order valence-electron chi connectivity index (χ4n) is 1.18. The molecule has 15 heavy (non-hydrogen) atoms. The van der Waals surface area contributed by atoms with E-state index in [1.807, 2.05) is 0 Å². The second-order valence-corrected chi connectivity index (χ2v) is 4.37. The maximum absolute atomic E-state index is 10.8. The highest BCUT2D eigenvalue weighted by Gasteiger charge is 2.20. The number of nitrogens with one attached hydrogen (secondary N) is 1. The average Bonchev–Trinajstić information content (AvgIpc) is 2.08. The Morgan fingerprint density at radius 1 is 1.47 bits per heavy atom. The van der Waals surface area contributed by atoms with Gasteiger partial charge in [-0.15, -0.1) is 0 Å². The lowest BCUT2D eigenvalue weighted by Crippen LogP contribution is -2.44. The third-order valence-corrected chi connectivity index (χ3v) is 2.03. The summed E-state index contributed by atoms with van der Waals surface area (Å²) in [5, 5.41) is 21.2. The van der Waals surface area contributed by atoms with Crippen LogP contribution in [0.4, 0.5) is 0 Å². The Kier molecular flexibility index (Phi) is 6.47. The molecule has 0 fully saturated rings. The van der Waals surface area contributed by atoms with E-state index in [-0.39, 0.29) is 6.54 Å². The summed E-state index contributed by atoms with van der Waals surface area (Å²) < 4.78 is 0.